The highest BCUT2D eigenvalue weighted by Crippen LogP contribution is 2.33. The van der Waals surface area contributed by atoms with Crippen LogP contribution >= 0.6 is 23.2 Å². The Morgan fingerprint density at radius 3 is 2.52 bits per heavy atom. The van der Waals surface area contributed by atoms with E-state index in [4.69, 9.17) is 27.9 Å². The molecular formula is C22H26Cl2N2O4S. The van der Waals surface area contributed by atoms with E-state index >= 15 is 0 Å². The molecule has 1 aliphatic carbocycles. The zero-order valence-electron chi connectivity index (χ0n) is 17.5. The average molecular weight is 485 g/mol. The number of anilines is 1. The number of nitrogens with one attached hydrogen (secondary N) is 1. The van der Waals surface area contributed by atoms with E-state index < -0.39 is 15.9 Å². The summed E-state index contributed by atoms with van der Waals surface area (Å²) < 4.78 is 34.0. The maximum Gasteiger partial charge on any atom is 0.247 e. The van der Waals surface area contributed by atoms with E-state index in [9.17, 15) is 13.2 Å². The summed E-state index contributed by atoms with van der Waals surface area (Å²) in [4.78, 5) is 12.9. The van der Waals surface area contributed by atoms with Crippen LogP contribution in [-0.4, -0.2) is 38.3 Å². The van der Waals surface area contributed by atoms with Gasteiger partial charge in [-0.15, -0.1) is 0 Å². The molecule has 6 nitrogen and oxygen atoms in total. The number of methoxy groups -OCH3 is 1. The topological polar surface area (TPSA) is 75.7 Å². The van der Waals surface area contributed by atoms with Crippen LogP contribution in [0.15, 0.2) is 41.3 Å². The highest BCUT2D eigenvalue weighted by molar-refractivity contribution is 7.89. The quantitative estimate of drug-likeness (QED) is 0.580. The smallest absolute Gasteiger partial charge is 0.247 e. The van der Waals surface area contributed by atoms with Crippen LogP contribution in [-0.2, 0) is 14.8 Å². The summed E-state index contributed by atoms with van der Waals surface area (Å²) in [5.41, 5.74) is 1.13. The van der Waals surface area contributed by atoms with Gasteiger partial charge in [-0.1, -0.05) is 48.5 Å². The predicted molar refractivity (Wildman–Crippen MR) is 124 cm³/mol. The third-order valence-electron chi connectivity index (χ3n) is 5.39. The average Bonchev–Trinajstić information content (AvgIpc) is 2.75. The first kappa shape index (κ1) is 23.9. The van der Waals surface area contributed by atoms with E-state index in [0.717, 1.165) is 24.8 Å². The highest BCUT2D eigenvalue weighted by Gasteiger charge is 2.35. The van der Waals surface area contributed by atoms with Crippen molar-refractivity contribution >= 4 is 44.8 Å². The van der Waals surface area contributed by atoms with Gasteiger partial charge in [-0.3, -0.25) is 4.79 Å². The molecule has 1 amide bonds. The largest absolute Gasteiger partial charge is 0.495 e. The van der Waals surface area contributed by atoms with E-state index in [1.807, 2.05) is 6.92 Å². The van der Waals surface area contributed by atoms with Crippen molar-refractivity contribution in [2.75, 3.05) is 19.0 Å². The number of benzene rings is 2. The molecule has 0 radical (unpaired) electrons. The Balaban J connectivity index is 1.94. The molecule has 0 saturated heterocycles. The fourth-order valence-corrected chi connectivity index (χ4v) is 6.04. The number of carbonyl (C=O) groups excluding carboxylic acids is 1. The Kier molecular flexibility index (Phi) is 7.86. The summed E-state index contributed by atoms with van der Waals surface area (Å²) in [6, 6.07) is 9.46. The van der Waals surface area contributed by atoms with Crippen LogP contribution in [0, 0.1) is 6.92 Å². The Morgan fingerprint density at radius 1 is 1.13 bits per heavy atom. The lowest BCUT2D eigenvalue weighted by molar-refractivity contribution is -0.116. The van der Waals surface area contributed by atoms with Crippen LogP contribution in [0.5, 0.6) is 5.75 Å². The van der Waals surface area contributed by atoms with Crippen molar-refractivity contribution < 1.29 is 17.9 Å². The van der Waals surface area contributed by atoms with Crippen LogP contribution in [0.4, 0.5) is 5.69 Å². The molecule has 0 aliphatic heterocycles. The predicted octanol–water partition coefficient (Wildman–Crippen LogP) is 5.27. The molecule has 9 heteroatoms. The first-order valence-corrected chi connectivity index (χ1v) is 12.3. The summed E-state index contributed by atoms with van der Waals surface area (Å²) in [7, 11) is -2.55. The SMILES string of the molecule is COc1ccc(C)cc1S(=O)(=O)N(CC(=O)Nc1cc(Cl)ccc1Cl)C1CCCCC1. The van der Waals surface area contributed by atoms with Crippen LogP contribution in [0.2, 0.25) is 10.0 Å². The van der Waals surface area contributed by atoms with Crippen molar-refractivity contribution in [1.29, 1.82) is 0 Å². The molecule has 0 atom stereocenters. The maximum atomic E-state index is 13.7. The number of nitrogens with zero attached hydrogens (tertiary/aromatic N) is 1. The van der Waals surface area contributed by atoms with Gasteiger partial charge in [-0.2, -0.15) is 4.31 Å². The van der Waals surface area contributed by atoms with E-state index in [1.54, 1.807) is 30.3 Å². The van der Waals surface area contributed by atoms with Crippen LogP contribution < -0.4 is 10.1 Å². The number of hydrogen-bond acceptors (Lipinski definition) is 4. The molecule has 0 aromatic heterocycles. The molecule has 0 spiro atoms. The molecule has 168 valence electrons. The molecule has 0 bridgehead atoms. The number of aryl methyl sites for hydroxylation is 1. The number of rotatable bonds is 7. The molecule has 1 fully saturated rings. The Morgan fingerprint density at radius 2 is 1.84 bits per heavy atom. The van der Waals surface area contributed by atoms with Gasteiger partial charge in [0.05, 0.1) is 24.4 Å². The minimum Gasteiger partial charge on any atom is -0.495 e. The van der Waals surface area contributed by atoms with E-state index in [-0.39, 0.29) is 23.2 Å². The lowest BCUT2D eigenvalue weighted by Crippen LogP contribution is -2.45. The second kappa shape index (κ2) is 10.2. The van der Waals surface area contributed by atoms with E-state index in [1.165, 1.54) is 17.5 Å². The number of ether oxygens (including phenoxy) is 1. The van der Waals surface area contributed by atoms with Crippen molar-refractivity contribution in [3.63, 3.8) is 0 Å². The fourth-order valence-electron chi connectivity index (χ4n) is 3.82. The van der Waals surface area contributed by atoms with E-state index in [2.05, 4.69) is 5.32 Å². The lowest BCUT2D eigenvalue weighted by atomic mass is 9.95. The second-order valence-corrected chi connectivity index (χ2v) is 10.4. The normalized spacial score (nSPS) is 15.1. The Labute approximate surface area is 193 Å². The third-order valence-corrected chi connectivity index (χ3v) is 7.87. The summed E-state index contributed by atoms with van der Waals surface area (Å²) >= 11 is 12.1. The monoisotopic (exact) mass is 484 g/mol. The number of carbonyl (C=O) groups is 1. The van der Waals surface area contributed by atoms with Crippen molar-refractivity contribution in [1.82, 2.24) is 4.31 Å². The lowest BCUT2D eigenvalue weighted by Gasteiger charge is -2.33. The van der Waals surface area contributed by atoms with E-state index in [0.29, 0.717) is 28.6 Å². The number of halogens is 2. The second-order valence-electron chi connectivity index (χ2n) is 7.67. The molecule has 0 unspecified atom stereocenters. The molecule has 1 saturated carbocycles. The molecule has 31 heavy (non-hydrogen) atoms. The van der Waals surface area contributed by atoms with Crippen molar-refractivity contribution in [3.8, 4) is 5.75 Å². The zero-order chi connectivity index (χ0) is 22.6. The number of hydrogen-bond donors (Lipinski definition) is 1. The van der Waals surface area contributed by atoms with Gasteiger partial charge in [-0.25, -0.2) is 8.42 Å². The van der Waals surface area contributed by atoms with Crippen molar-refractivity contribution in [3.05, 3.63) is 52.0 Å². The highest BCUT2D eigenvalue weighted by atomic mass is 35.5. The minimum absolute atomic E-state index is 0.0640. The molecule has 1 N–H and O–H groups in total. The summed E-state index contributed by atoms with van der Waals surface area (Å²) in [6.07, 6.45) is 4.31. The van der Waals surface area contributed by atoms with Gasteiger partial charge < -0.3 is 10.1 Å². The fraction of sp³-hybridized carbons (Fsp3) is 0.409. The van der Waals surface area contributed by atoms with Gasteiger partial charge in [0.25, 0.3) is 0 Å². The zero-order valence-corrected chi connectivity index (χ0v) is 19.9. The van der Waals surface area contributed by atoms with Gasteiger partial charge in [0.15, 0.2) is 0 Å². The van der Waals surface area contributed by atoms with Crippen LogP contribution in [0.1, 0.15) is 37.7 Å². The van der Waals surface area contributed by atoms with Gasteiger partial charge in [0.2, 0.25) is 15.9 Å². The molecule has 3 rings (SSSR count). The van der Waals surface area contributed by atoms with Crippen molar-refractivity contribution in [2.45, 2.75) is 50.0 Å². The first-order valence-electron chi connectivity index (χ1n) is 10.1. The van der Waals surface area contributed by atoms with Gasteiger partial charge in [0.1, 0.15) is 10.6 Å². The summed E-state index contributed by atoms with van der Waals surface area (Å²) in [5.74, 6) is -0.227. The van der Waals surface area contributed by atoms with Gasteiger partial charge >= 0.3 is 0 Å². The molecular weight excluding hydrogens is 459 g/mol. The number of amides is 1. The first-order chi connectivity index (χ1) is 14.7. The number of sulfonamides is 1. The standard InChI is InChI=1S/C22H26Cl2N2O4S/c1-15-8-11-20(30-2)21(12-15)31(28,29)26(17-6-4-3-5-7-17)14-22(27)25-19-13-16(23)9-10-18(19)24/h8-13,17H,3-7,14H2,1-2H3,(H,25,27). The molecule has 0 heterocycles. The maximum absolute atomic E-state index is 13.7. The third kappa shape index (κ3) is 5.71. The van der Waals surface area contributed by atoms with Crippen LogP contribution in [0.3, 0.4) is 0 Å². The Hall–Kier alpha value is -1.80. The van der Waals surface area contributed by atoms with Crippen LogP contribution in [0.25, 0.3) is 0 Å². The van der Waals surface area contributed by atoms with Gasteiger partial charge in [-0.05, 0) is 55.7 Å². The van der Waals surface area contributed by atoms with Gasteiger partial charge in [0, 0.05) is 11.1 Å². The summed E-state index contributed by atoms with van der Waals surface area (Å²) in [6.45, 7) is 1.49. The molecule has 2 aromatic rings. The molecule has 1 aliphatic rings. The summed E-state index contributed by atoms with van der Waals surface area (Å²) in [5, 5.41) is 3.43. The minimum atomic E-state index is -3.98. The Bertz CT molecular complexity index is 1050. The van der Waals surface area contributed by atoms with Crippen molar-refractivity contribution in [2.24, 2.45) is 0 Å². The molecule has 2 aromatic carbocycles.